The number of nitrogens with one attached hydrogen (secondary N) is 1. The summed E-state index contributed by atoms with van der Waals surface area (Å²) < 4.78 is 18.1. The third-order valence-electron chi connectivity index (χ3n) is 3.00. The van der Waals surface area contributed by atoms with E-state index in [1.54, 1.807) is 13.2 Å². The maximum atomic E-state index is 12.9. The van der Waals surface area contributed by atoms with Crippen LogP contribution in [0.4, 0.5) is 4.39 Å². The Hall–Kier alpha value is -1.98. The highest BCUT2D eigenvalue weighted by Gasteiger charge is 2.16. The molecule has 100 valence electrons. The highest BCUT2D eigenvalue weighted by molar-refractivity contribution is 5.39. The van der Waals surface area contributed by atoms with Crippen molar-refractivity contribution >= 4 is 0 Å². The van der Waals surface area contributed by atoms with Crippen LogP contribution in [0.25, 0.3) is 0 Å². The molecule has 4 nitrogen and oxygen atoms in total. The zero-order valence-corrected chi connectivity index (χ0v) is 10.9. The molecule has 1 aromatic heterocycles. The van der Waals surface area contributed by atoms with E-state index >= 15 is 0 Å². The molecule has 0 amide bonds. The molecule has 2 aromatic rings. The second-order valence-electron chi connectivity index (χ2n) is 4.22. The van der Waals surface area contributed by atoms with Crippen LogP contribution in [0.1, 0.15) is 22.9 Å². The Morgan fingerprint density at radius 2 is 2.11 bits per heavy atom. The van der Waals surface area contributed by atoms with Gasteiger partial charge in [-0.15, -0.1) is 0 Å². The molecule has 3 N–H and O–H groups in total. The fourth-order valence-corrected chi connectivity index (χ4v) is 1.99. The second kappa shape index (κ2) is 5.77. The van der Waals surface area contributed by atoms with Crippen molar-refractivity contribution in [3.63, 3.8) is 0 Å². The summed E-state index contributed by atoms with van der Waals surface area (Å²) in [5, 5.41) is 0. The van der Waals surface area contributed by atoms with Gasteiger partial charge >= 0.3 is 0 Å². The predicted molar refractivity (Wildman–Crippen MR) is 71.1 cm³/mol. The van der Waals surface area contributed by atoms with Crippen LogP contribution in [0.2, 0.25) is 0 Å². The van der Waals surface area contributed by atoms with E-state index in [0.717, 1.165) is 16.9 Å². The first-order valence-electron chi connectivity index (χ1n) is 5.88. The van der Waals surface area contributed by atoms with Crippen molar-refractivity contribution in [1.82, 2.24) is 10.4 Å². The molecule has 1 atom stereocenters. The Bertz CT molecular complexity index is 557. The van der Waals surface area contributed by atoms with E-state index in [2.05, 4.69) is 10.4 Å². The standard InChI is InChI=1S/C14H16FN3O/c1-9-7-11(19-2)4-5-12(9)14(18-16)13-6-3-10(15)8-17-13/h3-8,14,18H,16H2,1-2H3. The topological polar surface area (TPSA) is 60.2 Å². The maximum absolute atomic E-state index is 12.9. The lowest BCUT2D eigenvalue weighted by atomic mass is 9.98. The third kappa shape index (κ3) is 2.89. The van der Waals surface area contributed by atoms with Gasteiger partial charge in [0.1, 0.15) is 11.6 Å². The van der Waals surface area contributed by atoms with Crippen molar-refractivity contribution in [2.75, 3.05) is 7.11 Å². The zero-order chi connectivity index (χ0) is 13.8. The number of hydrogen-bond acceptors (Lipinski definition) is 4. The molecular weight excluding hydrogens is 245 g/mol. The Morgan fingerprint density at radius 3 is 2.63 bits per heavy atom. The van der Waals surface area contributed by atoms with E-state index in [-0.39, 0.29) is 11.9 Å². The maximum Gasteiger partial charge on any atom is 0.141 e. The Balaban J connectivity index is 2.39. The van der Waals surface area contributed by atoms with Crippen molar-refractivity contribution in [3.05, 3.63) is 59.2 Å². The minimum absolute atomic E-state index is 0.286. The van der Waals surface area contributed by atoms with E-state index in [0.29, 0.717) is 5.69 Å². The summed E-state index contributed by atoms with van der Waals surface area (Å²) in [6.45, 7) is 1.96. The summed E-state index contributed by atoms with van der Waals surface area (Å²) in [6.07, 6.45) is 1.18. The number of ether oxygens (including phenoxy) is 1. The fourth-order valence-electron chi connectivity index (χ4n) is 1.99. The number of rotatable bonds is 4. The van der Waals surface area contributed by atoms with Crippen LogP contribution < -0.4 is 16.0 Å². The molecule has 0 aliphatic rings. The molecule has 0 aliphatic carbocycles. The molecule has 0 fully saturated rings. The molecule has 1 unspecified atom stereocenters. The summed E-state index contributed by atoms with van der Waals surface area (Å²) >= 11 is 0. The summed E-state index contributed by atoms with van der Waals surface area (Å²) in [4.78, 5) is 4.06. The van der Waals surface area contributed by atoms with Gasteiger partial charge in [-0.25, -0.2) is 9.82 Å². The SMILES string of the molecule is COc1ccc(C(NN)c2ccc(F)cn2)c(C)c1. The summed E-state index contributed by atoms with van der Waals surface area (Å²) in [7, 11) is 1.62. The van der Waals surface area contributed by atoms with Gasteiger partial charge in [-0.3, -0.25) is 10.8 Å². The van der Waals surface area contributed by atoms with E-state index in [9.17, 15) is 4.39 Å². The molecule has 0 spiro atoms. The van der Waals surface area contributed by atoms with Crippen LogP contribution in [0, 0.1) is 12.7 Å². The molecule has 0 bridgehead atoms. The van der Waals surface area contributed by atoms with Gasteiger partial charge in [0.05, 0.1) is 25.0 Å². The lowest BCUT2D eigenvalue weighted by molar-refractivity contribution is 0.414. The van der Waals surface area contributed by atoms with Gasteiger partial charge in [0.15, 0.2) is 0 Å². The smallest absolute Gasteiger partial charge is 0.141 e. The highest BCUT2D eigenvalue weighted by atomic mass is 19.1. The summed E-state index contributed by atoms with van der Waals surface area (Å²) in [6, 6.07) is 8.39. The number of nitrogens with two attached hydrogens (primary N) is 1. The van der Waals surface area contributed by atoms with Crippen molar-refractivity contribution in [3.8, 4) is 5.75 Å². The van der Waals surface area contributed by atoms with Crippen molar-refractivity contribution in [2.24, 2.45) is 5.84 Å². The molecule has 2 rings (SSSR count). The predicted octanol–water partition coefficient (Wildman–Crippen LogP) is 2.09. The Labute approximate surface area is 111 Å². The lowest BCUT2D eigenvalue weighted by Crippen LogP contribution is -2.30. The number of methoxy groups -OCH3 is 1. The van der Waals surface area contributed by atoms with Crippen LogP contribution in [0.5, 0.6) is 5.75 Å². The van der Waals surface area contributed by atoms with E-state index in [4.69, 9.17) is 10.6 Å². The number of nitrogens with zero attached hydrogens (tertiary/aromatic N) is 1. The van der Waals surface area contributed by atoms with Crippen LogP contribution in [0.3, 0.4) is 0 Å². The molecule has 19 heavy (non-hydrogen) atoms. The van der Waals surface area contributed by atoms with E-state index in [1.165, 1.54) is 12.3 Å². The van der Waals surface area contributed by atoms with Gasteiger partial charge in [0.2, 0.25) is 0 Å². The van der Waals surface area contributed by atoms with Crippen LogP contribution >= 0.6 is 0 Å². The second-order valence-corrected chi connectivity index (χ2v) is 4.22. The Morgan fingerprint density at radius 1 is 1.32 bits per heavy atom. The molecule has 0 saturated heterocycles. The minimum Gasteiger partial charge on any atom is -0.497 e. The number of hydrogen-bond donors (Lipinski definition) is 2. The molecular formula is C14H16FN3O. The van der Waals surface area contributed by atoms with Crippen LogP contribution in [0.15, 0.2) is 36.5 Å². The molecule has 1 aromatic carbocycles. The summed E-state index contributed by atoms with van der Waals surface area (Å²) in [5.41, 5.74) is 5.37. The van der Waals surface area contributed by atoms with Gasteiger partial charge in [-0.2, -0.15) is 0 Å². The average Bonchev–Trinajstić information content (AvgIpc) is 2.43. The van der Waals surface area contributed by atoms with Crippen molar-refractivity contribution < 1.29 is 9.13 Å². The highest BCUT2D eigenvalue weighted by Crippen LogP contribution is 2.26. The normalized spacial score (nSPS) is 12.2. The monoisotopic (exact) mass is 261 g/mol. The van der Waals surface area contributed by atoms with Crippen molar-refractivity contribution in [1.29, 1.82) is 0 Å². The molecule has 5 heteroatoms. The van der Waals surface area contributed by atoms with Gasteiger partial charge in [0, 0.05) is 0 Å². The average molecular weight is 261 g/mol. The first-order valence-corrected chi connectivity index (χ1v) is 5.88. The van der Waals surface area contributed by atoms with Gasteiger partial charge in [-0.05, 0) is 42.3 Å². The fraction of sp³-hybridized carbons (Fsp3) is 0.214. The van der Waals surface area contributed by atoms with Crippen LogP contribution in [-0.4, -0.2) is 12.1 Å². The molecule has 0 radical (unpaired) electrons. The molecule has 1 heterocycles. The molecule has 0 aliphatic heterocycles. The number of pyridine rings is 1. The third-order valence-corrected chi connectivity index (χ3v) is 3.00. The first kappa shape index (κ1) is 13.5. The van der Waals surface area contributed by atoms with Crippen LogP contribution in [-0.2, 0) is 0 Å². The van der Waals surface area contributed by atoms with E-state index in [1.807, 2.05) is 25.1 Å². The van der Waals surface area contributed by atoms with Gasteiger partial charge < -0.3 is 4.74 Å². The molecule has 0 saturated carbocycles. The summed E-state index contributed by atoms with van der Waals surface area (Å²) in [5.74, 6) is 6.01. The number of aromatic nitrogens is 1. The van der Waals surface area contributed by atoms with Crippen molar-refractivity contribution in [2.45, 2.75) is 13.0 Å². The number of halogens is 1. The zero-order valence-electron chi connectivity index (χ0n) is 10.9. The first-order chi connectivity index (χ1) is 9.15. The number of aryl methyl sites for hydroxylation is 1. The van der Waals surface area contributed by atoms with Gasteiger partial charge in [-0.1, -0.05) is 6.07 Å². The number of benzene rings is 1. The Kier molecular flexibility index (Phi) is 4.09. The number of hydrazine groups is 1. The lowest BCUT2D eigenvalue weighted by Gasteiger charge is -2.18. The largest absolute Gasteiger partial charge is 0.497 e. The van der Waals surface area contributed by atoms with E-state index < -0.39 is 0 Å². The van der Waals surface area contributed by atoms with Gasteiger partial charge in [0.25, 0.3) is 0 Å². The minimum atomic E-state index is -0.369. The quantitative estimate of drug-likeness (QED) is 0.653.